The summed E-state index contributed by atoms with van der Waals surface area (Å²) in [6, 6.07) is 25.3. The zero-order chi connectivity index (χ0) is 16.1. The smallest absolute Gasteiger partial charge is 0.138 e. The van der Waals surface area contributed by atoms with Crippen molar-refractivity contribution < 1.29 is 4.74 Å². The summed E-state index contributed by atoms with van der Waals surface area (Å²) < 4.78 is 5.85. The van der Waals surface area contributed by atoms with Crippen molar-refractivity contribution in [2.75, 3.05) is 5.73 Å². The SMILES string of the molecule is N#Cc1ccc(-c2ccc(N)cc2)cc1OCc1ccccc1. The van der Waals surface area contributed by atoms with Crippen LogP contribution in [0.3, 0.4) is 0 Å². The first-order valence-corrected chi connectivity index (χ1v) is 7.33. The summed E-state index contributed by atoms with van der Waals surface area (Å²) in [5.41, 5.74) is 10.1. The highest BCUT2D eigenvalue weighted by atomic mass is 16.5. The van der Waals surface area contributed by atoms with Gasteiger partial charge in [0.05, 0.1) is 5.56 Å². The van der Waals surface area contributed by atoms with E-state index in [9.17, 15) is 5.26 Å². The van der Waals surface area contributed by atoms with Gasteiger partial charge in [0.1, 0.15) is 18.4 Å². The Labute approximate surface area is 135 Å². The molecule has 0 spiro atoms. The fourth-order valence-electron chi connectivity index (χ4n) is 2.32. The largest absolute Gasteiger partial charge is 0.488 e. The van der Waals surface area contributed by atoms with Gasteiger partial charge in [-0.25, -0.2) is 0 Å². The molecule has 0 aliphatic rings. The Morgan fingerprint density at radius 1 is 0.870 bits per heavy atom. The molecule has 0 heterocycles. The van der Waals surface area contributed by atoms with Crippen molar-refractivity contribution in [3.63, 3.8) is 0 Å². The van der Waals surface area contributed by atoms with Gasteiger partial charge in [-0.1, -0.05) is 48.5 Å². The Bertz CT molecular complexity index is 834. The number of hydrogen-bond acceptors (Lipinski definition) is 3. The second-order valence-electron chi connectivity index (χ2n) is 5.22. The number of nitrogen functional groups attached to an aromatic ring is 1. The highest BCUT2D eigenvalue weighted by Crippen LogP contribution is 2.28. The van der Waals surface area contributed by atoms with E-state index in [0.717, 1.165) is 22.4 Å². The maximum absolute atomic E-state index is 9.27. The maximum atomic E-state index is 9.27. The predicted octanol–water partition coefficient (Wildman–Crippen LogP) is 4.39. The lowest BCUT2D eigenvalue weighted by Gasteiger charge is -2.10. The van der Waals surface area contributed by atoms with E-state index < -0.39 is 0 Å². The van der Waals surface area contributed by atoms with Crippen LogP contribution in [0.25, 0.3) is 11.1 Å². The molecule has 0 aromatic heterocycles. The first-order valence-electron chi connectivity index (χ1n) is 7.33. The van der Waals surface area contributed by atoms with Gasteiger partial charge >= 0.3 is 0 Å². The second-order valence-corrected chi connectivity index (χ2v) is 5.22. The first kappa shape index (κ1) is 14.7. The molecule has 3 nitrogen and oxygen atoms in total. The average Bonchev–Trinajstić information content (AvgIpc) is 2.61. The monoisotopic (exact) mass is 300 g/mol. The number of nitriles is 1. The van der Waals surface area contributed by atoms with E-state index in [-0.39, 0.29) is 0 Å². The molecule has 3 rings (SSSR count). The minimum Gasteiger partial charge on any atom is -0.488 e. The van der Waals surface area contributed by atoms with Crippen LogP contribution in [0.4, 0.5) is 5.69 Å². The Morgan fingerprint density at radius 2 is 1.57 bits per heavy atom. The molecule has 0 aliphatic carbocycles. The van der Waals surface area contributed by atoms with Crippen LogP contribution in [0.1, 0.15) is 11.1 Å². The maximum Gasteiger partial charge on any atom is 0.138 e. The fraction of sp³-hybridized carbons (Fsp3) is 0.0500. The molecule has 0 atom stereocenters. The summed E-state index contributed by atoms with van der Waals surface area (Å²) in [5, 5.41) is 9.27. The quantitative estimate of drug-likeness (QED) is 0.727. The number of ether oxygens (including phenoxy) is 1. The van der Waals surface area contributed by atoms with Crippen molar-refractivity contribution in [3.8, 4) is 22.9 Å². The molecule has 0 bridgehead atoms. The third kappa shape index (κ3) is 3.50. The fourth-order valence-corrected chi connectivity index (χ4v) is 2.32. The van der Waals surface area contributed by atoms with Crippen LogP contribution in [-0.2, 0) is 6.61 Å². The van der Waals surface area contributed by atoms with E-state index in [1.54, 1.807) is 6.07 Å². The number of benzene rings is 3. The van der Waals surface area contributed by atoms with E-state index in [2.05, 4.69) is 6.07 Å². The van der Waals surface area contributed by atoms with Crippen LogP contribution in [0.15, 0.2) is 72.8 Å². The molecule has 0 saturated carbocycles. The van der Waals surface area contributed by atoms with Gasteiger partial charge in [-0.2, -0.15) is 5.26 Å². The Hall–Kier alpha value is -3.25. The highest BCUT2D eigenvalue weighted by Gasteiger charge is 2.07. The molecule has 3 aromatic carbocycles. The van der Waals surface area contributed by atoms with Crippen molar-refractivity contribution >= 4 is 5.69 Å². The number of hydrogen-bond donors (Lipinski definition) is 1. The van der Waals surface area contributed by atoms with E-state index in [0.29, 0.717) is 17.9 Å². The molecule has 0 aliphatic heterocycles. The minimum absolute atomic E-state index is 0.431. The summed E-state index contributed by atoms with van der Waals surface area (Å²) in [7, 11) is 0. The van der Waals surface area contributed by atoms with E-state index in [4.69, 9.17) is 10.5 Å². The number of anilines is 1. The van der Waals surface area contributed by atoms with Gasteiger partial charge in [0, 0.05) is 5.69 Å². The van der Waals surface area contributed by atoms with Crippen LogP contribution >= 0.6 is 0 Å². The van der Waals surface area contributed by atoms with Crippen LogP contribution in [0, 0.1) is 11.3 Å². The van der Waals surface area contributed by atoms with Crippen LogP contribution in [0.5, 0.6) is 5.75 Å². The van der Waals surface area contributed by atoms with Gasteiger partial charge in [0.25, 0.3) is 0 Å². The third-order valence-electron chi connectivity index (χ3n) is 3.58. The Balaban J connectivity index is 1.87. The van der Waals surface area contributed by atoms with Gasteiger partial charge in [-0.15, -0.1) is 0 Å². The Morgan fingerprint density at radius 3 is 2.26 bits per heavy atom. The number of rotatable bonds is 4. The molecular formula is C20H16N2O. The molecule has 0 radical (unpaired) electrons. The van der Waals surface area contributed by atoms with Crippen molar-refractivity contribution in [2.45, 2.75) is 6.61 Å². The van der Waals surface area contributed by atoms with Gasteiger partial charge in [0.2, 0.25) is 0 Å². The summed E-state index contributed by atoms with van der Waals surface area (Å²) >= 11 is 0. The zero-order valence-electron chi connectivity index (χ0n) is 12.6. The normalized spacial score (nSPS) is 10.0. The van der Waals surface area contributed by atoms with Crippen molar-refractivity contribution in [3.05, 3.63) is 83.9 Å². The lowest BCUT2D eigenvalue weighted by Crippen LogP contribution is -1.97. The zero-order valence-corrected chi connectivity index (χ0v) is 12.6. The lowest BCUT2D eigenvalue weighted by molar-refractivity contribution is 0.305. The number of nitrogens with two attached hydrogens (primary N) is 1. The summed E-state index contributed by atoms with van der Waals surface area (Å²) in [4.78, 5) is 0. The first-order chi connectivity index (χ1) is 11.3. The molecule has 3 aromatic rings. The summed E-state index contributed by atoms with van der Waals surface area (Å²) in [6.45, 7) is 0.431. The molecule has 0 unspecified atom stereocenters. The van der Waals surface area contributed by atoms with Gasteiger partial charge in [-0.3, -0.25) is 0 Å². The summed E-state index contributed by atoms with van der Waals surface area (Å²) in [6.07, 6.45) is 0. The molecule has 2 N–H and O–H groups in total. The highest BCUT2D eigenvalue weighted by molar-refractivity contribution is 5.68. The second kappa shape index (κ2) is 6.67. The van der Waals surface area contributed by atoms with Gasteiger partial charge in [-0.05, 0) is 41.0 Å². The molecular weight excluding hydrogens is 284 g/mol. The van der Waals surface area contributed by atoms with E-state index >= 15 is 0 Å². The standard InChI is InChI=1S/C20H16N2O/c21-13-18-7-6-17(16-8-10-19(22)11-9-16)12-20(18)23-14-15-4-2-1-3-5-15/h1-12H,14,22H2. The summed E-state index contributed by atoms with van der Waals surface area (Å²) in [5.74, 6) is 0.589. The molecule has 3 heteroatoms. The van der Waals surface area contributed by atoms with Crippen LogP contribution in [-0.4, -0.2) is 0 Å². The Kier molecular flexibility index (Phi) is 4.26. The molecule has 0 fully saturated rings. The number of nitrogens with zero attached hydrogens (tertiary/aromatic N) is 1. The lowest BCUT2D eigenvalue weighted by atomic mass is 10.0. The van der Waals surface area contributed by atoms with E-state index in [1.165, 1.54) is 0 Å². The topological polar surface area (TPSA) is 59.0 Å². The third-order valence-corrected chi connectivity index (χ3v) is 3.58. The van der Waals surface area contributed by atoms with Crippen LogP contribution < -0.4 is 10.5 Å². The van der Waals surface area contributed by atoms with E-state index in [1.807, 2.05) is 66.7 Å². The molecule has 0 saturated heterocycles. The molecule has 23 heavy (non-hydrogen) atoms. The van der Waals surface area contributed by atoms with Gasteiger partial charge in [0.15, 0.2) is 0 Å². The van der Waals surface area contributed by atoms with Gasteiger partial charge < -0.3 is 10.5 Å². The average molecular weight is 300 g/mol. The minimum atomic E-state index is 0.431. The molecule has 0 amide bonds. The van der Waals surface area contributed by atoms with Crippen molar-refractivity contribution in [1.82, 2.24) is 0 Å². The van der Waals surface area contributed by atoms with Crippen molar-refractivity contribution in [2.24, 2.45) is 0 Å². The van der Waals surface area contributed by atoms with Crippen LogP contribution in [0.2, 0.25) is 0 Å². The molecule has 112 valence electrons. The van der Waals surface area contributed by atoms with Crippen molar-refractivity contribution in [1.29, 1.82) is 5.26 Å². The predicted molar refractivity (Wildman–Crippen MR) is 91.8 cm³/mol.